The van der Waals surface area contributed by atoms with E-state index in [9.17, 15) is 4.79 Å². The molecule has 150 valence electrons. The summed E-state index contributed by atoms with van der Waals surface area (Å²) in [6.07, 6.45) is 0. The summed E-state index contributed by atoms with van der Waals surface area (Å²) in [6, 6.07) is 18.4. The predicted molar refractivity (Wildman–Crippen MR) is 123 cm³/mol. The first-order chi connectivity index (χ1) is 14.4. The Morgan fingerprint density at radius 1 is 0.967 bits per heavy atom. The normalized spacial score (nSPS) is 10.8. The Morgan fingerprint density at radius 2 is 1.63 bits per heavy atom. The second-order valence-electron chi connectivity index (χ2n) is 6.84. The Bertz CT molecular complexity index is 1270. The molecule has 0 radical (unpaired) electrons. The van der Waals surface area contributed by atoms with Gasteiger partial charge in [0, 0.05) is 16.3 Å². The van der Waals surface area contributed by atoms with Gasteiger partial charge in [-0.2, -0.15) is 4.80 Å². The summed E-state index contributed by atoms with van der Waals surface area (Å²) in [5, 5.41) is 15.7. The maximum atomic E-state index is 12.5. The highest BCUT2D eigenvalue weighted by atomic mass is 35.5. The van der Waals surface area contributed by atoms with Crippen LogP contribution in [0.1, 0.15) is 21.5 Å². The van der Waals surface area contributed by atoms with Crippen molar-refractivity contribution in [3.05, 3.63) is 82.4 Å². The number of halogens is 1. The molecule has 6 nitrogen and oxygen atoms in total. The van der Waals surface area contributed by atoms with Crippen molar-refractivity contribution in [2.24, 2.45) is 0 Å². The number of nitrogens with zero attached hydrogens (tertiary/aromatic N) is 3. The number of anilines is 1. The van der Waals surface area contributed by atoms with Gasteiger partial charge >= 0.3 is 0 Å². The second kappa shape index (κ2) is 8.22. The van der Waals surface area contributed by atoms with E-state index >= 15 is 0 Å². The van der Waals surface area contributed by atoms with Crippen LogP contribution in [0, 0.1) is 13.8 Å². The molecule has 0 aliphatic heterocycles. The first-order valence-corrected chi connectivity index (χ1v) is 10.0. The molecule has 8 heteroatoms. The predicted octanol–water partition coefficient (Wildman–Crippen LogP) is 4.82. The van der Waals surface area contributed by atoms with Gasteiger partial charge in [0.25, 0.3) is 5.91 Å². The van der Waals surface area contributed by atoms with Gasteiger partial charge in [-0.05, 0) is 79.7 Å². The molecule has 0 spiro atoms. The molecule has 0 saturated heterocycles. The molecular weight excluding hydrogens is 418 g/mol. The summed E-state index contributed by atoms with van der Waals surface area (Å²) in [4.78, 5) is 14.0. The fourth-order valence-corrected chi connectivity index (χ4v) is 3.37. The molecule has 2 N–H and O–H groups in total. The molecule has 1 amide bonds. The highest BCUT2D eigenvalue weighted by Crippen LogP contribution is 2.22. The summed E-state index contributed by atoms with van der Waals surface area (Å²) in [7, 11) is 0. The number of rotatable bonds is 3. The maximum absolute atomic E-state index is 12.5. The number of nitrogens with one attached hydrogen (secondary N) is 2. The van der Waals surface area contributed by atoms with Crippen molar-refractivity contribution in [3.63, 3.8) is 0 Å². The van der Waals surface area contributed by atoms with Gasteiger partial charge in [0.2, 0.25) is 0 Å². The number of hydrogen-bond acceptors (Lipinski definition) is 4. The summed E-state index contributed by atoms with van der Waals surface area (Å²) in [5.74, 6) is -0.252. The Balaban J connectivity index is 1.54. The van der Waals surface area contributed by atoms with Crippen molar-refractivity contribution in [1.29, 1.82) is 0 Å². The number of aryl methyl sites for hydroxylation is 2. The monoisotopic (exact) mass is 435 g/mol. The number of carbonyl (C=O) groups excluding carboxylic acids is 1. The van der Waals surface area contributed by atoms with Crippen molar-refractivity contribution in [3.8, 4) is 5.69 Å². The topological polar surface area (TPSA) is 71.8 Å². The standard InChI is InChI=1S/C22H18ClN5OS/c1-13-5-3-4-6-17(13)21(29)25-22(30)24-18-12-20-19(11-14(18)2)26-28(27-20)16-9-7-15(23)8-10-16/h3-12H,1-2H3,(H2,24,25,29,30). The fraction of sp³-hybridized carbons (Fsp3) is 0.0909. The number of carbonyl (C=O) groups is 1. The molecule has 0 aliphatic rings. The van der Waals surface area contributed by atoms with Crippen LogP contribution in [0.5, 0.6) is 0 Å². The molecule has 30 heavy (non-hydrogen) atoms. The summed E-state index contributed by atoms with van der Waals surface area (Å²) >= 11 is 11.3. The molecule has 4 rings (SSSR count). The van der Waals surface area contributed by atoms with E-state index in [1.165, 1.54) is 0 Å². The number of thiocarbonyl (C=S) groups is 1. The lowest BCUT2D eigenvalue weighted by atomic mass is 10.1. The molecule has 0 bridgehead atoms. The van der Waals surface area contributed by atoms with Crippen LogP contribution in [-0.2, 0) is 0 Å². The average Bonchev–Trinajstić information content (AvgIpc) is 3.11. The molecule has 0 fully saturated rings. The van der Waals surface area contributed by atoms with E-state index in [0.717, 1.165) is 28.0 Å². The van der Waals surface area contributed by atoms with Crippen LogP contribution in [-0.4, -0.2) is 26.0 Å². The van der Waals surface area contributed by atoms with Crippen molar-refractivity contribution < 1.29 is 4.79 Å². The lowest BCUT2D eigenvalue weighted by molar-refractivity contribution is 0.0977. The van der Waals surface area contributed by atoms with Crippen LogP contribution in [0.2, 0.25) is 5.02 Å². The Hall–Kier alpha value is -3.29. The lowest BCUT2D eigenvalue weighted by Crippen LogP contribution is -2.34. The smallest absolute Gasteiger partial charge is 0.257 e. The minimum absolute atomic E-state index is 0.218. The zero-order valence-electron chi connectivity index (χ0n) is 16.3. The highest BCUT2D eigenvalue weighted by molar-refractivity contribution is 7.80. The molecule has 0 saturated carbocycles. The largest absolute Gasteiger partial charge is 0.332 e. The van der Waals surface area contributed by atoms with E-state index in [1.54, 1.807) is 23.0 Å². The van der Waals surface area contributed by atoms with E-state index in [4.69, 9.17) is 23.8 Å². The van der Waals surface area contributed by atoms with Crippen LogP contribution in [0.25, 0.3) is 16.7 Å². The van der Waals surface area contributed by atoms with Crippen LogP contribution >= 0.6 is 23.8 Å². The second-order valence-corrected chi connectivity index (χ2v) is 7.69. The van der Waals surface area contributed by atoms with E-state index in [0.29, 0.717) is 16.1 Å². The zero-order valence-corrected chi connectivity index (χ0v) is 17.9. The molecule has 1 aromatic heterocycles. The van der Waals surface area contributed by atoms with Crippen LogP contribution in [0.15, 0.2) is 60.7 Å². The number of amides is 1. The quantitative estimate of drug-likeness (QED) is 0.451. The number of hydrogen-bond donors (Lipinski definition) is 2. The third kappa shape index (κ3) is 4.17. The molecule has 3 aromatic carbocycles. The Morgan fingerprint density at radius 3 is 2.33 bits per heavy atom. The first kappa shape index (κ1) is 20.0. The van der Waals surface area contributed by atoms with E-state index < -0.39 is 0 Å². The number of fused-ring (bicyclic) bond motifs is 1. The van der Waals surface area contributed by atoms with Crippen LogP contribution < -0.4 is 10.6 Å². The summed E-state index contributed by atoms with van der Waals surface area (Å²) < 4.78 is 0. The van der Waals surface area contributed by atoms with Crippen molar-refractivity contribution in [1.82, 2.24) is 20.3 Å². The first-order valence-electron chi connectivity index (χ1n) is 9.22. The summed E-state index contributed by atoms with van der Waals surface area (Å²) in [6.45, 7) is 3.82. The van der Waals surface area contributed by atoms with Gasteiger partial charge in [0.1, 0.15) is 11.0 Å². The minimum Gasteiger partial charge on any atom is -0.332 e. The maximum Gasteiger partial charge on any atom is 0.257 e. The number of aromatic nitrogens is 3. The lowest BCUT2D eigenvalue weighted by Gasteiger charge is -2.12. The van der Waals surface area contributed by atoms with Gasteiger partial charge in [0.15, 0.2) is 5.11 Å². The summed E-state index contributed by atoms with van der Waals surface area (Å²) in [5.41, 5.74) is 5.41. The van der Waals surface area contributed by atoms with E-state index in [-0.39, 0.29) is 11.0 Å². The van der Waals surface area contributed by atoms with Crippen molar-refractivity contribution in [2.45, 2.75) is 13.8 Å². The molecule has 0 atom stereocenters. The Kier molecular flexibility index (Phi) is 5.48. The third-order valence-corrected chi connectivity index (χ3v) is 5.11. The van der Waals surface area contributed by atoms with Gasteiger partial charge < -0.3 is 5.32 Å². The molecular formula is C22H18ClN5OS. The van der Waals surface area contributed by atoms with Gasteiger partial charge in [-0.1, -0.05) is 29.8 Å². The van der Waals surface area contributed by atoms with Gasteiger partial charge in [-0.25, -0.2) is 0 Å². The Labute approximate surface area is 183 Å². The van der Waals surface area contributed by atoms with E-state index in [1.807, 2.05) is 56.3 Å². The van der Waals surface area contributed by atoms with E-state index in [2.05, 4.69) is 20.8 Å². The van der Waals surface area contributed by atoms with Gasteiger partial charge in [0.05, 0.1) is 5.69 Å². The fourth-order valence-electron chi connectivity index (χ4n) is 3.04. The minimum atomic E-state index is -0.252. The van der Waals surface area contributed by atoms with Gasteiger partial charge in [-0.3, -0.25) is 10.1 Å². The number of benzene rings is 3. The van der Waals surface area contributed by atoms with Crippen LogP contribution in [0.3, 0.4) is 0 Å². The SMILES string of the molecule is Cc1cc2nn(-c3ccc(Cl)cc3)nc2cc1NC(=S)NC(=O)c1ccccc1C. The molecule has 1 heterocycles. The van der Waals surface area contributed by atoms with Crippen molar-refractivity contribution in [2.75, 3.05) is 5.32 Å². The highest BCUT2D eigenvalue weighted by Gasteiger charge is 2.13. The van der Waals surface area contributed by atoms with Crippen molar-refractivity contribution >= 4 is 51.6 Å². The third-order valence-electron chi connectivity index (χ3n) is 4.65. The average molecular weight is 436 g/mol. The molecule has 0 aliphatic carbocycles. The van der Waals surface area contributed by atoms with Crippen LogP contribution in [0.4, 0.5) is 5.69 Å². The van der Waals surface area contributed by atoms with Gasteiger partial charge in [-0.15, -0.1) is 10.2 Å². The zero-order chi connectivity index (χ0) is 21.3. The molecule has 4 aromatic rings. The molecule has 0 unspecified atom stereocenters.